The smallest absolute Gasteiger partial charge is 0.339 e. The van der Waals surface area contributed by atoms with Gasteiger partial charge in [0, 0.05) is 23.9 Å². The van der Waals surface area contributed by atoms with E-state index in [1.807, 2.05) is 26.8 Å². The van der Waals surface area contributed by atoms with Crippen molar-refractivity contribution in [2.75, 3.05) is 0 Å². The van der Waals surface area contributed by atoms with Crippen molar-refractivity contribution in [3.8, 4) is 5.75 Å². The molecule has 20 heavy (non-hydrogen) atoms. The molecule has 5 nitrogen and oxygen atoms in total. The lowest BCUT2D eigenvalue weighted by Gasteiger charge is -2.21. The van der Waals surface area contributed by atoms with Crippen LogP contribution in [0.5, 0.6) is 5.75 Å². The summed E-state index contributed by atoms with van der Waals surface area (Å²) >= 11 is 0. The van der Waals surface area contributed by atoms with Crippen LogP contribution in [0.25, 0.3) is 0 Å². The Morgan fingerprint density at radius 3 is 2.55 bits per heavy atom. The number of hydrogen-bond acceptors (Lipinski definition) is 3. The van der Waals surface area contributed by atoms with Crippen LogP contribution in [0.4, 0.5) is 0 Å². The van der Waals surface area contributed by atoms with Gasteiger partial charge in [-0.1, -0.05) is 26.8 Å². The molecule has 0 aliphatic heterocycles. The van der Waals surface area contributed by atoms with E-state index in [-0.39, 0.29) is 16.7 Å². The second-order valence-corrected chi connectivity index (χ2v) is 5.84. The third-order valence-corrected chi connectivity index (χ3v) is 3.22. The Balaban J connectivity index is 2.54. The van der Waals surface area contributed by atoms with Gasteiger partial charge in [0.25, 0.3) is 0 Å². The second-order valence-electron chi connectivity index (χ2n) is 5.84. The fourth-order valence-corrected chi connectivity index (χ4v) is 2.01. The molecule has 0 bridgehead atoms. The van der Waals surface area contributed by atoms with Crippen molar-refractivity contribution in [1.29, 1.82) is 0 Å². The van der Waals surface area contributed by atoms with Gasteiger partial charge in [0.15, 0.2) is 0 Å². The van der Waals surface area contributed by atoms with Gasteiger partial charge >= 0.3 is 5.97 Å². The van der Waals surface area contributed by atoms with Gasteiger partial charge < -0.3 is 15.2 Å². The highest BCUT2D eigenvalue weighted by Crippen LogP contribution is 2.32. The zero-order valence-corrected chi connectivity index (χ0v) is 11.8. The van der Waals surface area contributed by atoms with Crippen molar-refractivity contribution in [3.63, 3.8) is 0 Å². The van der Waals surface area contributed by atoms with Gasteiger partial charge in [-0.25, -0.2) is 9.78 Å². The molecule has 3 N–H and O–H groups in total. The van der Waals surface area contributed by atoms with Crippen LogP contribution in [0.1, 0.15) is 48.0 Å². The van der Waals surface area contributed by atoms with E-state index in [0.717, 1.165) is 11.3 Å². The standard InChI is InChI=1S/C15H18N2O3/c1-15(2,3)10-4-9(5-11-7-16-8-17-11)13(18)12(6-10)14(19)20/h4,6-8,18H,5H2,1-3H3,(H,16,17)(H,19,20). The van der Waals surface area contributed by atoms with Crippen molar-refractivity contribution in [2.24, 2.45) is 0 Å². The van der Waals surface area contributed by atoms with Crippen LogP contribution in [0, 0.1) is 0 Å². The maximum absolute atomic E-state index is 11.3. The summed E-state index contributed by atoms with van der Waals surface area (Å²) in [6, 6.07) is 3.39. The Morgan fingerprint density at radius 1 is 1.35 bits per heavy atom. The number of phenols is 1. The summed E-state index contributed by atoms with van der Waals surface area (Å²) in [4.78, 5) is 18.1. The zero-order valence-electron chi connectivity index (χ0n) is 11.8. The number of aromatic amines is 1. The molecule has 1 aromatic carbocycles. The normalized spacial score (nSPS) is 11.6. The van der Waals surface area contributed by atoms with Crippen molar-refractivity contribution < 1.29 is 15.0 Å². The first kappa shape index (κ1) is 14.1. The van der Waals surface area contributed by atoms with Crippen molar-refractivity contribution in [3.05, 3.63) is 47.0 Å². The molecule has 0 radical (unpaired) electrons. The van der Waals surface area contributed by atoms with E-state index in [4.69, 9.17) is 0 Å². The number of H-pyrrole nitrogens is 1. The van der Waals surface area contributed by atoms with E-state index in [0.29, 0.717) is 12.0 Å². The van der Waals surface area contributed by atoms with Gasteiger partial charge in [0.1, 0.15) is 11.3 Å². The largest absolute Gasteiger partial charge is 0.507 e. The van der Waals surface area contributed by atoms with Gasteiger partial charge in [-0.2, -0.15) is 0 Å². The molecule has 0 aliphatic rings. The number of aromatic carboxylic acids is 1. The lowest BCUT2D eigenvalue weighted by molar-refractivity contribution is 0.0693. The molecule has 2 aromatic rings. The summed E-state index contributed by atoms with van der Waals surface area (Å²) in [5.41, 5.74) is 2.02. The maximum atomic E-state index is 11.3. The number of rotatable bonds is 3. The molecule has 0 saturated carbocycles. The highest BCUT2D eigenvalue weighted by atomic mass is 16.4. The van der Waals surface area contributed by atoms with Crippen LogP contribution >= 0.6 is 0 Å². The molecule has 0 atom stereocenters. The van der Waals surface area contributed by atoms with Crippen LogP contribution in [0.2, 0.25) is 0 Å². The van der Waals surface area contributed by atoms with Gasteiger partial charge in [0.05, 0.1) is 6.33 Å². The molecular weight excluding hydrogens is 256 g/mol. The molecule has 5 heteroatoms. The molecule has 2 rings (SSSR count). The first-order chi connectivity index (χ1) is 9.29. The number of nitrogens with zero attached hydrogens (tertiary/aromatic N) is 1. The van der Waals surface area contributed by atoms with Gasteiger partial charge in [-0.3, -0.25) is 0 Å². The van der Waals surface area contributed by atoms with Gasteiger partial charge in [-0.15, -0.1) is 0 Å². The third-order valence-electron chi connectivity index (χ3n) is 3.22. The lowest BCUT2D eigenvalue weighted by atomic mass is 9.84. The minimum atomic E-state index is -1.13. The predicted octanol–water partition coefficient (Wildman–Crippen LogP) is 2.70. The summed E-state index contributed by atoms with van der Waals surface area (Å²) in [6.45, 7) is 6.01. The molecule has 0 fully saturated rings. The van der Waals surface area contributed by atoms with E-state index in [1.54, 1.807) is 12.5 Å². The summed E-state index contributed by atoms with van der Waals surface area (Å²) in [6.07, 6.45) is 3.62. The summed E-state index contributed by atoms with van der Waals surface area (Å²) in [5, 5.41) is 19.4. The molecular formula is C15H18N2O3. The van der Waals surface area contributed by atoms with Crippen molar-refractivity contribution >= 4 is 5.97 Å². The minimum absolute atomic E-state index is 0.0630. The van der Waals surface area contributed by atoms with E-state index in [9.17, 15) is 15.0 Å². The number of aromatic hydroxyl groups is 1. The Labute approximate surface area is 117 Å². The number of nitrogens with one attached hydrogen (secondary N) is 1. The van der Waals surface area contributed by atoms with Crippen molar-refractivity contribution in [2.45, 2.75) is 32.6 Å². The predicted molar refractivity (Wildman–Crippen MR) is 75.2 cm³/mol. The fraction of sp³-hybridized carbons (Fsp3) is 0.333. The first-order valence-corrected chi connectivity index (χ1v) is 6.36. The second kappa shape index (κ2) is 5.00. The quantitative estimate of drug-likeness (QED) is 0.803. The van der Waals surface area contributed by atoms with Gasteiger partial charge in [-0.05, 0) is 17.0 Å². The molecule has 0 aliphatic carbocycles. The number of imidazole rings is 1. The van der Waals surface area contributed by atoms with E-state index in [2.05, 4.69) is 9.97 Å². The molecule has 0 unspecified atom stereocenters. The number of aromatic nitrogens is 2. The number of carbonyl (C=O) groups is 1. The molecule has 1 heterocycles. The van der Waals surface area contributed by atoms with E-state index < -0.39 is 5.97 Å². The molecule has 0 spiro atoms. The number of benzene rings is 1. The minimum Gasteiger partial charge on any atom is -0.507 e. The average molecular weight is 274 g/mol. The Morgan fingerprint density at radius 2 is 2.05 bits per heavy atom. The SMILES string of the molecule is CC(C)(C)c1cc(Cc2cnc[nH]2)c(O)c(C(=O)O)c1. The Kier molecular flexibility index (Phi) is 3.53. The van der Waals surface area contributed by atoms with E-state index >= 15 is 0 Å². The monoisotopic (exact) mass is 274 g/mol. The molecule has 106 valence electrons. The molecule has 0 saturated heterocycles. The summed E-state index contributed by atoms with van der Waals surface area (Å²) in [5.74, 6) is -1.31. The van der Waals surface area contributed by atoms with Crippen LogP contribution in [0.3, 0.4) is 0 Å². The first-order valence-electron chi connectivity index (χ1n) is 6.36. The van der Waals surface area contributed by atoms with E-state index in [1.165, 1.54) is 6.07 Å². The number of carboxylic acids is 1. The number of carboxylic acid groups (broad SMARTS) is 1. The summed E-state index contributed by atoms with van der Waals surface area (Å²) < 4.78 is 0. The number of hydrogen-bond donors (Lipinski definition) is 3. The molecule has 1 aromatic heterocycles. The lowest BCUT2D eigenvalue weighted by Crippen LogP contribution is -2.14. The van der Waals surface area contributed by atoms with Crippen LogP contribution < -0.4 is 0 Å². The fourth-order valence-electron chi connectivity index (χ4n) is 2.01. The average Bonchev–Trinajstić information content (AvgIpc) is 2.82. The summed E-state index contributed by atoms with van der Waals surface area (Å²) in [7, 11) is 0. The zero-order chi connectivity index (χ0) is 14.9. The third kappa shape index (κ3) is 2.82. The Hall–Kier alpha value is -2.30. The highest BCUT2D eigenvalue weighted by Gasteiger charge is 2.21. The topological polar surface area (TPSA) is 86.2 Å². The highest BCUT2D eigenvalue weighted by molar-refractivity contribution is 5.91. The molecule has 0 amide bonds. The Bertz CT molecular complexity index is 625. The maximum Gasteiger partial charge on any atom is 0.339 e. The van der Waals surface area contributed by atoms with Crippen molar-refractivity contribution in [1.82, 2.24) is 9.97 Å². The van der Waals surface area contributed by atoms with Crippen LogP contribution in [0.15, 0.2) is 24.7 Å². The van der Waals surface area contributed by atoms with Gasteiger partial charge in [0.2, 0.25) is 0 Å². The van der Waals surface area contributed by atoms with Crippen LogP contribution in [-0.4, -0.2) is 26.2 Å². The van der Waals surface area contributed by atoms with Crippen LogP contribution in [-0.2, 0) is 11.8 Å².